The first-order valence-electron chi connectivity index (χ1n) is 4.30. The van der Waals surface area contributed by atoms with Crippen molar-refractivity contribution in [1.82, 2.24) is 5.32 Å². The molecule has 0 aromatic rings. The molecule has 13 heavy (non-hydrogen) atoms. The maximum Gasteiger partial charge on any atom is 0.223 e. The van der Waals surface area contributed by atoms with Crippen molar-refractivity contribution >= 4 is 12.3 Å². The maximum absolute atomic E-state index is 10.9. The van der Waals surface area contributed by atoms with E-state index in [1.54, 1.807) is 0 Å². The molecule has 1 aliphatic rings. The number of hydrogen-bond donors (Lipinski definition) is 3. The Balaban J connectivity index is 0.000000424. The van der Waals surface area contributed by atoms with E-state index in [2.05, 4.69) is 11.1 Å². The van der Waals surface area contributed by atoms with Gasteiger partial charge in [0.2, 0.25) is 12.3 Å². The van der Waals surface area contributed by atoms with Gasteiger partial charge >= 0.3 is 0 Å². The molecule has 0 spiro atoms. The fourth-order valence-electron chi connectivity index (χ4n) is 1.32. The number of amides is 2. The van der Waals surface area contributed by atoms with Gasteiger partial charge in [0, 0.05) is 18.5 Å². The number of rotatable bonds is 2. The van der Waals surface area contributed by atoms with Gasteiger partial charge in [0.15, 0.2) is 0 Å². The highest BCUT2D eigenvalue weighted by atomic mass is 16.2. The van der Waals surface area contributed by atoms with Crippen molar-refractivity contribution in [2.24, 2.45) is 17.4 Å². The highest BCUT2D eigenvalue weighted by molar-refractivity contribution is 5.80. The van der Waals surface area contributed by atoms with Crippen LogP contribution in [-0.2, 0) is 9.59 Å². The molecule has 76 valence electrons. The van der Waals surface area contributed by atoms with E-state index in [1.807, 2.05) is 6.92 Å². The number of carbonyl (C=O) groups excluding carboxylic acids is 2. The average Bonchev–Trinajstić information content (AvgIpc) is 2.37. The topological polar surface area (TPSA) is 98.2 Å². The largest absolute Gasteiger partial charge is 0.372 e. The van der Waals surface area contributed by atoms with E-state index < -0.39 is 0 Å². The molecule has 5 heteroatoms. The number of nitrogens with one attached hydrogen (secondary N) is 1. The van der Waals surface area contributed by atoms with Crippen LogP contribution in [0.15, 0.2) is 0 Å². The maximum atomic E-state index is 10.9. The normalized spacial score (nSPS) is 22.6. The van der Waals surface area contributed by atoms with Crippen LogP contribution in [0.2, 0.25) is 0 Å². The molecule has 0 saturated carbocycles. The summed E-state index contributed by atoms with van der Waals surface area (Å²) in [5.41, 5.74) is 9.72. The fraction of sp³-hybridized carbons (Fsp3) is 0.750. The standard InChI is InChI=1S/C7H14N2O.CH3NO/c1-5(8)4-6-2-3-9-7(6)10;2-1-3/h5-6H,2-4,8H2,1H3,(H,9,10);1H,(H2,2,3). The molecule has 0 aromatic heterocycles. The van der Waals surface area contributed by atoms with Crippen LogP contribution in [0.5, 0.6) is 0 Å². The van der Waals surface area contributed by atoms with Crippen LogP contribution in [0.4, 0.5) is 0 Å². The quantitative estimate of drug-likeness (QED) is 0.482. The van der Waals surface area contributed by atoms with Gasteiger partial charge in [-0.15, -0.1) is 0 Å². The summed E-state index contributed by atoms with van der Waals surface area (Å²) in [5.74, 6) is 0.359. The van der Waals surface area contributed by atoms with E-state index in [9.17, 15) is 4.79 Å². The van der Waals surface area contributed by atoms with Gasteiger partial charge in [-0.25, -0.2) is 0 Å². The van der Waals surface area contributed by atoms with Gasteiger partial charge in [0.1, 0.15) is 0 Å². The molecule has 1 heterocycles. The summed E-state index contributed by atoms with van der Waals surface area (Å²) in [6.45, 7) is 2.77. The minimum absolute atomic E-state index is 0.147. The van der Waals surface area contributed by atoms with E-state index in [-0.39, 0.29) is 24.3 Å². The molecule has 1 saturated heterocycles. The van der Waals surface area contributed by atoms with Gasteiger partial charge in [-0.05, 0) is 19.8 Å². The Kier molecular flexibility index (Phi) is 5.88. The lowest BCUT2D eigenvalue weighted by atomic mass is 10.0. The summed E-state index contributed by atoms with van der Waals surface area (Å²) < 4.78 is 0. The third-order valence-corrected chi connectivity index (χ3v) is 1.82. The molecule has 1 fully saturated rings. The van der Waals surface area contributed by atoms with E-state index in [0.717, 1.165) is 19.4 Å². The van der Waals surface area contributed by atoms with E-state index in [1.165, 1.54) is 0 Å². The van der Waals surface area contributed by atoms with Gasteiger partial charge in [-0.1, -0.05) is 0 Å². The number of carbonyl (C=O) groups is 2. The summed E-state index contributed by atoms with van der Waals surface area (Å²) in [5, 5.41) is 2.78. The minimum atomic E-state index is 0.147. The summed E-state index contributed by atoms with van der Waals surface area (Å²) >= 11 is 0. The van der Waals surface area contributed by atoms with E-state index in [4.69, 9.17) is 10.5 Å². The van der Waals surface area contributed by atoms with Crippen LogP contribution in [0, 0.1) is 5.92 Å². The molecule has 1 rings (SSSR count). The lowest BCUT2D eigenvalue weighted by Gasteiger charge is -2.08. The molecule has 2 amide bonds. The monoisotopic (exact) mass is 187 g/mol. The molecule has 0 radical (unpaired) electrons. The predicted octanol–water partition coefficient (Wildman–Crippen LogP) is -1.04. The number of primary amides is 1. The van der Waals surface area contributed by atoms with Crippen molar-refractivity contribution < 1.29 is 9.59 Å². The van der Waals surface area contributed by atoms with Crippen molar-refractivity contribution in [3.05, 3.63) is 0 Å². The van der Waals surface area contributed by atoms with Crippen LogP contribution < -0.4 is 16.8 Å². The molecular formula is C8H17N3O2. The van der Waals surface area contributed by atoms with Crippen LogP contribution in [-0.4, -0.2) is 24.9 Å². The molecule has 0 aliphatic carbocycles. The zero-order valence-corrected chi connectivity index (χ0v) is 7.82. The van der Waals surface area contributed by atoms with Gasteiger partial charge in [0.05, 0.1) is 0 Å². The Morgan fingerprint density at radius 3 is 2.62 bits per heavy atom. The molecule has 2 atom stereocenters. The Labute approximate surface area is 77.8 Å². The zero-order chi connectivity index (χ0) is 10.3. The number of nitrogens with two attached hydrogens (primary N) is 2. The zero-order valence-electron chi connectivity index (χ0n) is 7.82. The average molecular weight is 187 g/mol. The summed E-state index contributed by atoms with van der Waals surface area (Å²) in [4.78, 5) is 19.5. The molecule has 2 unspecified atom stereocenters. The fourth-order valence-corrected chi connectivity index (χ4v) is 1.32. The van der Waals surface area contributed by atoms with Crippen LogP contribution in [0.3, 0.4) is 0 Å². The van der Waals surface area contributed by atoms with Gasteiger partial charge < -0.3 is 16.8 Å². The first kappa shape index (κ1) is 11.9. The number of hydrogen-bond acceptors (Lipinski definition) is 3. The van der Waals surface area contributed by atoms with Crippen LogP contribution in [0.1, 0.15) is 19.8 Å². The second-order valence-corrected chi connectivity index (χ2v) is 3.13. The summed E-state index contributed by atoms with van der Waals surface area (Å²) in [6.07, 6.45) is 2.03. The van der Waals surface area contributed by atoms with Gasteiger partial charge in [-0.2, -0.15) is 0 Å². The lowest BCUT2D eigenvalue weighted by Crippen LogP contribution is -2.25. The van der Waals surface area contributed by atoms with Crippen molar-refractivity contribution in [1.29, 1.82) is 0 Å². The summed E-state index contributed by atoms with van der Waals surface area (Å²) in [7, 11) is 0. The van der Waals surface area contributed by atoms with Crippen molar-refractivity contribution in [3.8, 4) is 0 Å². The second-order valence-electron chi connectivity index (χ2n) is 3.13. The van der Waals surface area contributed by atoms with Gasteiger partial charge in [-0.3, -0.25) is 9.59 Å². The molecule has 0 aromatic carbocycles. The van der Waals surface area contributed by atoms with Gasteiger partial charge in [0.25, 0.3) is 0 Å². The second kappa shape index (κ2) is 6.42. The molecular weight excluding hydrogens is 170 g/mol. The Morgan fingerprint density at radius 2 is 2.31 bits per heavy atom. The Hall–Kier alpha value is -1.10. The van der Waals surface area contributed by atoms with Crippen molar-refractivity contribution in [2.45, 2.75) is 25.8 Å². The molecule has 5 N–H and O–H groups in total. The van der Waals surface area contributed by atoms with Crippen LogP contribution >= 0.6 is 0 Å². The summed E-state index contributed by atoms with van der Waals surface area (Å²) in [6, 6.07) is 0.147. The predicted molar refractivity (Wildman–Crippen MR) is 49.6 cm³/mol. The third kappa shape index (κ3) is 5.19. The third-order valence-electron chi connectivity index (χ3n) is 1.82. The van der Waals surface area contributed by atoms with Crippen LogP contribution in [0.25, 0.3) is 0 Å². The first-order valence-corrected chi connectivity index (χ1v) is 4.30. The van der Waals surface area contributed by atoms with Crippen molar-refractivity contribution in [2.75, 3.05) is 6.54 Å². The lowest BCUT2D eigenvalue weighted by molar-refractivity contribution is -0.122. The molecule has 0 bridgehead atoms. The van der Waals surface area contributed by atoms with E-state index in [0.29, 0.717) is 0 Å². The van der Waals surface area contributed by atoms with Crippen molar-refractivity contribution in [3.63, 3.8) is 0 Å². The molecule has 5 nitrogen and oxygen atoms in total. The Bertz CT molecular complexity index is 171. The Morgan fingerprint density at radius 1 is 1.77 bits per heavy atom. The minimum Gasteiger partial charge on any atom is -0.372 e. The smallest absolute Gasteiger partial charge is 0.223 e. The SMILES string of the molecule is CC(N)CC1CCNC1=O.NC=O. The highest BCUT2D eigenvalue weighted by Gasteiger charge is 2.24. The van der Waals surface area contributed by atoms with E-state index >= 15 is 0 Å². The first-order chi connectivity index (χ1) is 6.11. The molecule has 1 aliphatic heterocycles. The highest BCUT2D eigenvalue weighted by Crippen LogP contribution is 2.14.